The van der Waals surface area contributed by atoms with Crippen molar-refractivity contribution in [1.29, 1.82) is 0 Å². The topological polar surface area (TPSA) is 29.1 Å². The number of rotatable bonds is 2. The highest BCUT2D eigenvalue weighted by Crippen LogP contribution is 2.24. The minimum Gasteiger partial charge on any atom is -0.321 e. The first kappa shape index (κ1) is 10.7. The fourth-order valence-electron chi connectivity index (χ4n) is 0.777. The Balaban J connectivity index is 2.93. The van der Waals surface area contributed by atoms with E-state index in [9.17, 15) is 4.79 Å². The molecule has 0 aliphatic rings. The summed E-state index contributed by atoms with van der Waals surface area (Å²) in [6.07, 6.45) is 1.24. The van der Waals surface area contributed by atoms with Gasteiger partial charge in [-0.05, 0) is 62.8 Å². The first-order chi connectivity index (χ1) is 6.13. The molecule has 1 aromatic rings. The number of amides is 1. The van der Waals surface area contributed by atoms with E-state index in [2.05, 4.69) is 50.4 Å². The van der Waals surface area contributed by atoms with Crippen LogP contribution in [0.15, 0.2) is 35.3 Å². The highest BCUT2D eigenvalue weighted by atomic mass is 127. The molecule has 0 heterocycles. The van der Waals surface area contributed by atoms with E-state index in [1.165, 1.54) is 6.08 Å². The highest BCUT2D eigenvalue weighted by Gasteiger charge is 2.02. The smallest absolute Gasteiger partial charge is 0.247 e. The van der Waals surface area contributed by atoms with Gasteiger partial charge in [0.25, 0.3) is 0 Å². The molecular formula is C9H7BrINO. The normalized spacial score (nSPS) is 9.38. The van der Waals surface area contributed by atoms with E-state index >= 15 is 0 Å². The van der Waals surface area contributed by atoms with Crippen molar-refractivity contribution in [3.63, 3.8) is 0 Å². The van der Waals surface area contributed by atoms with Crippen LogP contribution in [0.4, 0.5) is 5.69 Å². The Kier molecular flexibility index (Phi) is 3.92. The lowest BCUT2D eigenvalue weighted by Crippen LogP contribution is -2.07. The molecule has 0 saturated heterocycles. The van der Waals surface area contributed by atoms with Gasteiger partial charge < -0.3 is 5.32 Å². The van der Waals surface area contributed by atoms with E-state index in [1.807, 2.05) is 18.2 Å². The maximum atomic E-state index is 11.0. The van der Waals surface area contributed by atoms with Gasteiger partial charge in [0.15, 0.2) is 0 Å². The molecule has 0 unspecified atom stereocenters. The SMILES string of the molecule is C=CC(=O)Nc1cc(I)ccc1Br. The lowest BCUT2D eigenvalue weighted by Gasteiger charge is -2.04. The average Bonchev–Trinajstić information content (AvgIpc) is 2.11. The van der Waals surface area contributed by atoms with Crippen LogP contribution in [0.3, 0.4) is 0 Å². The second kappa shape index (κ2) is 4.76. The molecule has 4 heteroatoms. The van der Waals surface area contributed by atoms with Crippen LogP contribution in [0.1, 0.15) is 0 Å². The molecule has 0 aromatic heterocycles. The molecule has 0 radical (unpaired) electrons. The molecule has 2 nitrogen and oxygen atoms in total. The van der Waals surface area contributed by atoms with Gasteiger partial charge in [0.2, 0.25) is 5.91 Å². The zero-order valence-electron chi connectivity index (χ0n) is 6.68. The number of carbonyl (C=O) groups is 1. The zero-order valence-corrected chi connectivity index (χ0v) is 10.4. The summed E-state index contributed by atoms with van der Waals surface area (Å²) in [5.41, 5.74) is 0.761. The molecule has 0 spiro atoms. The first-order valence-corrected chi connectivity index (χ1v) is 5.39. The molecule has 0 atom stereocenters. The van der Waals surface area contributed by atoms with Crippen LogP contribution in [0, 0.1) is 3.57 Å². The third-order valence-corrected chi connectivity index (χ3v) is 2.73. The molecule has 1 N–H and O–H groups in total. The Morgan fingerprint density at radius 3 is 2.92 bits per heavy atom. The molecule has 0 bridgehead atoms. The van der Waals surface area contributed by atoms with Crippen LogP contribution in [-0.4, -0.2) is 5.91 Å². The van der Waals surface area contributed by atoms with Gasteiger partial charge in [-0.25, -0.2) is 0 Å². The average molecular weight is 352 g/mol. The third kappa shape index (κ3) is 3.11. The van der Waals surface area contributed by atoms with E-state index in [-0.39, 0.29) is 5.91 Å². The monoisotopic (exact) mass is 351 g/mol. The second-order valence-corrected chi connectivity index (χ2v) is 4.42. The number of carbonyl (C=O) groups excluding carboxylic acids is 1. The van der Waals surface area contributed by atoms with Gasteiger partial charge in [0.05, 0.1) is 5.69 Å². The molecule has 0 aliphatic heterocycles. The first-order valence-electron chi connectivity index (χ1n) is 3.52. The molecule has 68 valence electrons. The Bertz CT molecular complexity index is 351. The van der Waals surface area contributed by atoms with E-state index in [1.54, 1.807) is 0 Å². The van der Waals surface area contributed by atoms with Gasteiger partial charge in [0, 0.05) is 8.04 Å². The summed E-state index contributed by atoms with van der Waals surface area (Å²) in [7, 11) is 0. The van der Waals surface area contributed by atoms with Gasteiger partial charge in [-0.2, -0.15) is 0 Å². The fraction of sp³-hybridized carbons (Fsp3) is 0. The largest absolute Gasteiger partial charge is 0.321 e. The number of nitrogens with one attached hydrogen (secondary N) is 1. The van der Waals surface area contributed by atoms with Crippen molar-refractivity contribution in [2.75, 3.05) is 5.32 Å². The summed E-state index contributed by atoms with van der Waals surface area (Å²) in [5, 5.41) is 2.69. The van der Waals surface area contributed by atoms with E-state index in [0.29, 0.717) is 0 Å². The molecule has 0 saturated carbocycles. The molecule has 13 heavy (non-hydrogen) atoms. The maximum Gasteiger partial charge on any atom is 0.247 e. The Morgan fingerprint density at radius 1 is 1.62 bits per heavy atom. The zero-order chi connectivity index (χ0) is 9.84. The van der Waals surface area contributed by atoms with E-state index in [4.69, 9.17) is 0 Å². The minimum absolute atomic E-state index is 0.206. The molecule has 1 rings (SSSR count). The summed E-state index contributed by atoms with van der Waals surface area (Å²) >= 11 is 5.52. The molecule has 1 amide bonds. The standard InChI is InChI=1S/C9H7BrINO/c1-2-9(13)12-8-5-6(11)3-4-7(8)10/h2-5H,1H2,(H,12,13). The van der Waals surface area contributed by atoms with Crippen molar-refractivity contribution in [2.45, 2.75) is 0 Å². The third-order valence-electron chi connectivity index (χ3n) is 1.37. The second-order valence-electron chi connectivity index (χ2n) is 2.32. The van der Waals surface area contributed by atoms with Gasteiger partial charge in [-0.15, -0.1) is 0 Å². The van der Waals surface area contributed by atoms with Crippen LogP contribution in [-0.2, 0) is 4.79 Å². The Hall–Kier alpha value is -0.360. The van der Waals surface area contributed by atoms with Gasteiger partial charge in [-0.3, -0.25) is 4.79 Å². The molecule has 1 aromatic carbocycles. The summed E-state index contributed by atoms with van der Waals surface area (Å²) in [4.78, 5) is 11.0. The Labute approximate surface area is 98.7 Å². The quantitative estimate of drug-likeness (QED) is 0.643. The molecular weight excluding hydrogens is 345 g/mol. The van der Waals surface area contributed by atoms with Crippen LogP contribution >= 0.6 is 38.5 Å². The van der Waals surface area contributed by atoms with Gasteiger partial charge >= 0.3 is 0 Å². The fourth-order valence-corrected chi connectivity index (χ4v) is 1.61. The lowest BCUT2D eigenvalue weighted by molar-refractivity contribution is -0.111. The van der Waals surface area contributed by atoms with Crippen LogP contribution in [0.25, 0.3) is 0 Å². The highest BCUT2D eigenvalue weighted by molar-refractivity contribution is 14.1. The Morgan fingerprint density at radius 2 is 2.31 bits per heavy atom. The number of halogens is 2. The van der Waals surface area contributed by atoms with Crippen molar-refractivity contribution in [3.05, 3.63) is 38.9 Å². The minimum atomic E-state index is -0.206. The maximum absolute atomic E-state index is 11.0. The predicted octanol–water partition coefficient (Wildman–Crippen LogP) is 3.18. The van der Waals surface area contributed by atoms with Crippen molar-refractivity contribution < 1.29 is 4.79 Å². The van der Waals surface area contributed by atoms with E-state index in [0.717, 1.165) is 13.7 Å². The van der Waals surface area contributed by atoms with Crippen molar-refractivity contribution in [3.8, 4) is 0 Å². The number of hydrogen-bond donors (Lipinski definition) is 1. The summed E-state index contributed by atoms with van der Waals surface area (Å²) < 4.78 is 1.93. The number of anilines is 1. The van der Waals surface area contributed by atoms with Gasteiger partial charge in [-0.1, -0.05) is 6.58 Å². The molecule has 0 fully saturated rings. The lowest BCUT2D eigenvalue weighted by atomic mass is 10.3. The van der Waals surface area contributed by atoms with Crippen molar-refractivity contribution >= 4 is 50.1 Å². The van der Waals surface area contributed by atoms with E-state index < -0.39 is 0 Å². The predicted molar refractivity (Wildman–Crippen MR) is 65.7 cm³/mol. The van der Waals surface area contributed by atoms with Crippen LogP contribution < -0.4 is 5.32 Å². The summed E-state index contributed by atoms with van der Waals surface area (Å²) in [6.45, 7) is 3.38. The summed E-state index contributed by atoms with van der Waals surface area (Å²) in [5.74, 6) is -0.206. The number of benzene rings is 1. The van der Waals surface area contributed by atoms with Crippen LogP contribution in [0.5, 0.6) is 0 Å². The van der Waals surface area contributed by atoms with Crippen molar-refractivity contribution in [1.82, 2.24) is 0 Å². The molecule has 0 aliphatic carbocycles. The van der Waals surface area contributed by atoms with Crippen molar-refractivity contribution in [2.24, 2.45) is 0 Å². The number of hydrogen-bond acceptors (Lipinski definition) is 1. The van der Waals surface area contributed by atoms with Crippen LogP contribution in [0.2, 0.25) is 0 Å². The van der Waals surface area contributed by atoms with Gasteiger partial charge in [0.1, 0.15) is 0 Å². The summed E-state index contributed by atoms with van der Waals surface area (Å²) in [6, 6.07) is 5.72.